The summed E-state index contributed by atoms with van der Waals surface area (Å²) in [6.07, 6.45) is 0.751. The molecule has 3 heterocycles. The number of hydrogen-bond acceptors (Lipinski definition) is 3. The van der Waals surface area contributed by atoms with Crippen LogP contribution in [-0.2, 0) is 6.54 Å². The molecule has 0 saturated carbocycles. The van der Waals surface area contributed by atoms with Gasteiger partial charge in [0.25, 0.3) is 0 Å². The molecule has 0 fully saturated rings. The van der Waals surface area contributed by atoms with Gasteiger partial charge in [0.15, 0.2) is 0 Å². The topological polar surface area (TPSA) is 39.1 Å². The SMILES string of the molecule is FC(F)Oc1cccc2c1[C@H]1C[C@@H](NC2)c2nc3ccc(Cl)cc3n21. The zero-order valence-corrected chi connectivity index (χ0v) is 13.8. The second-order valence-corrected chi connectivity index (χ2v) is 6.80. The van der Waals surface area contributed by atoms with E-state index in [1.165, 1.54) is 0 Å². The van der Waals surface area contributed by atoms with E-state index in [4.69, 9.17) is 21.3 Å². The minimum absolute atomic E-state index is 0.0722. The predicted octanol–water partition coefficient (Wildman–Crippen LogP) is 4.43. The fourth-order valence-corrected chi connectivity index (χ4v) is 4.23. The molecule has 2 atom stereocenters. The Morgan fingerprint density at radius 3 is 3.00 bits per heavy atom. The zero-order chi connectivity index (χ0) is 17.1. The number of nitrogens with one attached hydrogen (secondary N) is 1. The first-order valence-electron chi connectivity index (χ1n) is 8.09. The first kappa shape index (κ1) is 15.1. The molecular weight excluding hydrogens is 348 g/mol. The lowest BCUT2D eigenvalue weighted by Crippen LogP contribution is -2.20. The van der Waals surface area contributed by atoms with Crippen molar-refractivity contribution in [3.8, 4) is 5.75 Å². The molecule has 2 aromatic carbocycles. The minimum Gasteiger partial charge on any atom is -0.434 e. The van der Waals surface area contributed by atoms with Gasteiger partial charge in [-0.3, -0.25) is 0 Å². The average molecular weight is 362 g/mol. The molecule has 0 aliphatic carbocycles. The van der Waals surface area contributed by atoms with E-state index in [-0.39, 0.29) is 17.8 Å². The van der Waals surface area contributed by atoms with E-state index in [0.717, 1.165) is 34.4 Å². The van der Waals surface area contributed by atoms with Crippen LogP contribution in [0.1, 0.15) is 35.5 Å². The van der Waals surface area contributed by atoms with Crippen LogP contribution >= 0.6 is 11.6 Å². The molecule has 0 spiro atoms. The van der Waals surface area contributed by atoms with E-state index in [9.17, 15) is 8.78 Å². The third-order valence-electron chi connectivity index (χ3n) is 5.01. The average Bonchev–Trinajstić information content (AvgIpc) is 3.02. The van der Waals surface area contributed by atoms with E-state index < -0.39 is 6.61 Å². The Bertz CT molecular complexity index is 988. The number of hydrogen-bond donors (Lipinski definition) is 1. The largest absolute Gasteiger partial charge is 0.434 e. The number of fused-ring (bicyclic) bond motifs is 9. The maximum atomic E-state index is 12.9. The number of nitrogens with zero attached hydrogens (tertiary/aromatic N) is 2. The van der Waals surface area contributed by atoms with Crippen molar-refractivity contribution in [1.29, 1.82) is 0 Å². The second kappa shape index (κ2) is 5.41. The van der Waals surface area contributed by atoms with Crippen molar-refractivity contribution in [1.82, 2.24) is 14.9 Å². The maximum absolute atomic E-state index is 12.9. The summed E-state index contributed by atoms with van der Waals surface area (Å²) in [5.41, 5.74) is 3.54. The van der Waals surface area contributed by atoms with Crippen LogP contribution in [0.2, 0.25) is 5.02 Å². The third kappa shape index (κ3) is 2.24. The Morgan fingerprint density at radius 1 is 1.28 bits per heavy atom. The Morgan fingerprint density at radius 2 is 2.16 bits per heavy atom. The van der Waals surface area contributed by atoms with Gasteiger partial charge < -0.3 is 14.6 Å². The Kier molecular flexibility index (Phi) is 3.27. The molecule has 2 aliphatic heterocycles. The van der Waals surface area contributed by atoms with Crippen LogP contribution in [0.3, 0.4) is 0 Å². The zero-order valence-electron chi connectivity index (χ0n) is 13.0. The van der Waals surface area contributed by atoms with Crippen molar-refractivity contribution in [2.75, 3.05) is 0 Å². The maximum Gasteiger partial charge on any atom is 0.387 e. The molecule has 0 radical (unpaired) electrons. The van der Waals surface area contributed by atoms with Crippen LogP contribution in [0.25, 0.3) is 11.0 Å². The highest BCUT2D eigenvalue weighted by Crippen LogP contribution is 2.47. The van der Waals surface area contributed by atoms with Crippen LogP contribution in [0.4, 0.5) is 8.78 Å². The molecule has 2 aliphatic rings. The molecule has 1 aromatic heterocycles. The van der Waals surface area contributed by atoms with Gasteiger partial charge in [0.1, 0.15) is 11.6 Å². The molecule has 25 heavy (non-hydrogen) atoms. The van der Waals surface area contributed by atoms with Crippen molar-refractivity contribution >= 4 is 22.6 Å². The standard InChI is InChI=1S/C18H14ClF2N3O/c19-10-4-5-11-13(6-10)24-14-7-12(17(24)23-11)22-8-9-2-1-3-15(16(9)14)25-18(20)21/h1-6,12,14,18,22H,7-8H2/t12-,14-/m1/s1. The van der Waals surface area contributed by atoms with Crippen LogP contribution in [0.15, 0.2) is 36.4 Å². The summed E-state index contributed by atoms with van der Waals surface area (Å²) in [4.78, 5) is 4.74. The van der Waals surface area contributed by atoms with Crippen LogP contribution in [0.5, 0.6) is 5.75 Å². The van der Waals surface area contributed by atoms with Gasteiger partial charge in [0.2, 0.25) is 0 Å². The van der Waals surface area contributed by atoms with Crippen molar-refractivity contribution < 1.29 is 13.5 Å². The summed E-state index contributed by atoms with van der Waals surface area (Å²) in [6, 6.07) is 10.8. The summed E-state index contributed by atoms with van der Waals surface area (Å²) >= 11 is 6.17. The molecule has 0 unspecified atom stereocenters. The van der Waals surface area contributed by atoms with Gasteiger partial charge in [-0.25, -0.2) is 4.98 Å². The number of rotatable bonds is 2. The van der Waals surface area contributed by atoms with Crippen LogP contribution in [0, 0.1) is 0 Å². The van der Waals surface area contributed by atoms with Gasteiger partial charge in [-0.1, -0.05) is 23.7 Å². The van der Waals surface area contributed by atoms with Crippen molar-refractivity contribution in [3.05, 3.63) is 58.4 Å². The highest BCUT2D eigenvalue weighted by atomic mass is 35.5. The van der Waals surface area contributed by atoms with Crippen LogP contribution in [-0.4, -0.2) is 16.2 Å². The molecule has 2 bridgehead atoms. The lowest BCUT2D eigenvalue weighted by atomic mass is 9.98. The predicted molar refractivity (Wildman–Crippen MR) is 90.2 cm³/mol. The molecule has 128 valence electrons. The number of halogens is 3. The van der Waals surface area contributed by atoms with Gasteiger partial charge in [0.05, 0.1) is 23.1 Å². The highest BCUT2D eigenvalue weighted by molar-refractivity contribution is 6.31. The molecule has 7 heteroatoms. The van der Waals surface area contributed by atoms with E-state index in [2.05, 4.69) is 9.88 Å². The number of aromatic nitrogens is 2. The molecule has 5 rings (SSSR count). The fraction of sp³-hybridized carbons (Fsp3) is 0.278. The molecular formula is C18H14ClF2N3O. The van der Waals surface area contributed by atoms with Crippen molar-refractivity contribution in [2.45, 2.75) is 31.7 Å². The lowest BCUT2D eigenvalue weighted by Gasteiger charge is -2.21. The third-order valence-corrected chi connectivity index (χ3v) is 5.24. The van der Waals surface area contributed by atoms with E-state index in [1.807, 2.05) is 24.3 Å². The van der Waals surface area contributed by atoms with Gasteiger partial charge >= 0.3 is 6.61 Å². The van der Waals surface area contributed by atoms with E-state index >= 15 is 0 Å². The molecule has 3 aromatic rings. The van der Waals surface area contributed by atoms with E-state index in [0.29, 0.717) is 11.6 Å². The van der Waals surface area contributed by atoms with Crippen molar-refractivity contribution in [2.24, 2.45) is 0 Å². The summed E-state index contributed by atoms with van der Waals surface area (Å²) in [5.74, 6) is 1.15. The van der Waals surface area contributed by atoms with Gasteiger partial charge in [-0.15, -0.1) is 0 Å². The molecule has 4 nitrogen and oxygen atoms in total. The summed E-state index contributed by atoms with van der Waals surface area (Å²) in [5, 5.41) is 4.11. The summed E-state index contributed by atoms with van der Waals surface area (Å²) in [6.45, 7) is -2.26. The first-order valence-corrected chi connectivity index (χ1v) is 8.47. The smallest absolute Gasteiger partial charge is 0.387 e. The summed E-state index contributed by atoms with van der Waals surface area (Å²) < 4.78 is 32.7. The lowest BCUT2D eigenvalue weighted by molar-refractivity contribution is -0.0507. The number of imidazole rings is 1. The van der Waals surface area contributed by atoms with Gasteiger partial charge in [0, 0.05) is 17.1 Å². The monoisotopic (exact) mass is 361 g/mol. The minimum atomic E-state index is -2.85. The Hall–Kier alpha value is -2.18. The Labute approximate surface area is 147 Å². The molecule has 1 N–H and O–H groups in total. The number of ether oxygens (including phenoxy) is 1. The van der Waals surface area contributed by atoms with Crippen LogP contribution < -0.4 is 10.1 Å². The highest BCUT2D eigenvalue weighted by Gasteiger charge is 2.39. The van der Waals surface area contributed by atoms with Gasteiger partial charge in [-0.2, -0.15) is 8.78 Å². The quantitative estimate of drug-likeness (QED) is 0.734. The summed E-state index contributed by atoms with van der Waals surface area (Å²) in [7, 11) is 0. The first-order chi connectivity index (χ1) is 12.1. The second-order valence-electron chi connectivity index (χ2n) is 6.37. The van der Waals surface area contributed by atoms with E-state index in [1.54, 1.807) is 12.1 Å². The number of alkyl halides is 2. The number of benzene rings is 2. The Balaban J connectivity index is 1.76. The molecule has 0 saturated heterocycles. The fourth-order valence-electron chi connectivity index (χ4n) is 4.07. The normalized spacial score (nSPS) is 21.3. The molecule has 0 amide bonds. The van der Waals surface area contributed by atoms with Crippen molar-refractivity contribution in [3.63, 3.8) is 0 Å². The van der Waals surface area contributed by atoms with Gasteiger partial charge in [-0.05, 0) is 36.2 Å².